The first kappa shape index (κ1) is 20.1. The van der Waals surface area contributed by atoms with Gasteiger partial charge in [0.1, 0.15) is 6.10 Å². The van der Waals surface area contributed by atoms with Crippen molar-refractivity contribution in [1.29, 1.82) is 0 Å². The highest BCUT2D eigenvalue weighted by Crippen LogP contribution is 2.21. The van der Waals surface area contributed by atoms with Crippen molar-refractivity contribution in [3.63, 3.8) is 0 Å². The lowest BCUT2D eigenvalue weighted by Crippen LogP contribution is -2.53. The number of guanidine groups is 1. The Morgan fingerprint density at radius 1 is 1.19 bits per heavy atom. The third-order valence-electron chi connectivity index (χ3n) is 5.52. The first-order chi connectivity index (χ1) is 13.2. The van der Waals surface area contributed by atoms with Gasteiger partial charge in [-0.2, -0.15) is 5.10 Å². The minimum Gasteiger partial charge on any atom is -0.375 e. The Kier molecular flexibility index (Phi) is 7.13. The lowest BCUT2D eigenvalue weighted by Gasteiger charge is -2.37. The minimum absolute atomic E-state index is 0.140. The number of aryl methyl sites for hydroxylation is 2. The first-order valence-electron chi connectivity index (χ1n) is 10.5. The van der Waals surface area contributed by atoms with Crippen molar-refractivity contribution in [1.82, 2.24) is 20.0 Å². The van der Waals surface area contributed by atoms with Crippen LogP contribution in [-0.4, -0.2) is 65.7 Å². The summed E-state index contributed by atoms with van der Waals surface area (Å²) in [4.78, 5) is 7.31. The van der Waals surface area contributed by atoms with E-state index in [1.165, 1.54) is 11.3 Å². The summed E-state index contributed by atoms with van der Waals surface area (Å²) in [6.07, 6.45) is 4.52. The Morgan fingerprint density at radius 2 is 2.00 bits per heavy atom. The molecule has 0 amide bonds. The van der Waals surface area contributed by atoms with E-state index in [0.29, 0.717) is 6.54 Å². The molecule has 0 radical (unpaired) electrons. The van der Waals surface area contributed by atoms with E-state index in [1.54, 1.807) is 0 Å². The van der Waals surface area contributed by atoms with Crippen molar-refractivity contribution in [2.24, 2.45) is 12.0 Å². The van der Waals surface area contributed by atoms with Crippen LogP contribution in [0.5, 0.6) is 0 Å². The van der Waals surface area contributed by atoms with E-state index in [0.717, 1.165) is 70.2 Å². The number of rotatable bonds is 6. The van der Waals surface area contributed by atoms with E-state index in [1.807, 2.05) is 11.7 Å². The summed E-state index contributed by atoms with van der Waals surface area (Å²) in [6.45, 7) is 11.3. The molecule has 152 valence electrons. The molecule has 7 nitrogen and oxygen atoms in total. The molecule has 2 aliphatic heterocycles. The quantitative estimate of drug-likeness (QED) is 0.606. The second-order valence-corrected chi connectivity index (χ2v) is 7.28. The summed E-state index contributed by atoms with van der Waals surface area (Å²) in [5.74, 6) is 0.969. The molecular formula is C20H35N5O2. The molecule has 1 aromatic rings. The summed E-state index contributed by atoms with van der Waals surface area (Å²) in [7, 11) is 2.03. The second kappa shape index (κ2) is 9.55. The molecule has 0 aromatic carbocycles. The molecule has 7 heteroatoms. The van der Waals surface area contributed by atoms with Gasteiger partial charge >= 0.3 is 0 Å². The van der Waals surface area contributed by atoms with Gasteiger partial charge in [-0.25, -0.2) is 4.99 Å². The average Bonchev–Trinajstić information content (AvgIpc) is 3.33. The van der Waals surface area contributed by atoms with Gasteiger partial charge in [0.25, 0.3) is 0 Å². The van der Waals surface area contributed by atoms with Crippen molar-refractivity contribution < 1.29 is 9.47 Å². The van der Waals surface area contributed by atoms with Crippen molar-refractivity contribution >= 4 is 5.96 Å². The molecule has 2 aliphatic rings. The largest absolute Gasteiger partial charge is 0.375 e. The van der Waals surface area contributed by atoms with Crippen LogP contribution in [-0.2, 0) is 35.9 Å². The maximum Gasteiger partial charge on any atom is 0.194 e. The maximum absolute atomic E-state index is 6.00. The van der Waals surface area contributed by atoms with Gasteiger partial charge in [-0.05, 0) is 32.6 Å². The number of ether oxygens (including phenoxy) is 2. The van der Waals surface area contributed by atoms with E-state index < -0.39 is 0 Å². The van der Waals surface area contributed by atoms with E-state index in [2.05, 4.69) is 36.1 Å². The van der Waals surface area contributed by atoms with Gasteiger partial charge in [0, 0.05) is 44.5 Å². The van der Waals surface area contributed by atoms with E-state index in [9.17, 15) is 0 Å². The van der Waals surface area contributed by atoms with Crippen LogP contribution < -0.4 is 5.32 Å². The zero-order chi connectivity index (χ0) is 19.2. The summed E-state index contributed by atoms with van der Waals surface area (Å²) in [5.41, 5.74) is 3.72. The van der Waals surface area contributed by atoms with E-state index in [-0.39, 0.29) is 12.2 Å². The fourth-order valence-electron chi connectivity index (χ4n) is 4.14. The molecule has 1 N–H and O–H groups in total. The van der Waals surface area contributed by atoms with Crippen LogP contribution in [0, 0.1) is 0 Å². The first-order valence-corrected chi connectivity index (χ1v) is 10.5. The van der Waals surface area contributed by atoms with Crippen molar-refractivity contribution in [3.8, 4) is 0 Å². The normalized spacial score (nSPS) is 23.9. The molecule has 2 saturated heterocycles. The van der Waals surface area contributed by atoms with Gasteiger partial charge in [-0.15, -0.1) is 0 Å². The van der Waals surface area contributed by atoms with Crippen molar-refractivity contribution in [3.05, 3.63) is 17.0 Å². The van der Waals surface area contributed by atoms with Crippen molar-refractivity contribution in [2.75, 3.05) is 32.8 Å². The monoisotopic (exact) mass is 377 g/mol. The zero-order valence-corrected chi connectivity index (χ0v) is 17.3. The number of hydrogen-bond donors (Lipinski definition) is 1. The number of aliphatic imine (C=N–C) groups is 1. The molecule has 0 bridgehead atoms. The third-order valence-corrected chi connectivity index (χ3v) is 5.52. The Bertz CT molecular complexity index is 637. The smallest absolute Gasteiger partial charge is 0.194 e. The Morgan fingerprint density at radius 3 is 2.67 bits per heavy atom. The fraction of sp³-hybridized carbons (Fsp3) is 0.800. The predicted molar refractivity (Wildman–Crippen MR) is 107 cm³/mol. The van der Waals surface area contributed by atoms with Crippen LogP contribution in [0.2, 0.25) is 0 Å². The molecule has 27 heavy (non-hydrogen) atoms. The summed E-state index contributed by atoms with van der Waals surface area (Å²) >= 11 is 0. The third kappa shape index (κ3) is 4.63. The summed E-state index contributed by atoms with van der Waals surface area (Å²) in [6, 6.07) is 0. The number of hydrogen-bond acceptors (Lipinski definition) is 4. The van der Waals surface area contributed by atoms with Gasteiger partial charge in [0.15, 0.2) is 5.96 Å². The zero-order valence-electron chi connectivity index (χ0n) is 17.3. The molecule has 0 aliphatic carbocycles. The maximum atomic E-state index is 6.00. The number of morpholine rings is 1. The highest BCUT2D eigenvalue weighted by Gasteiger charge is 2.32. The molecule has 2 unspecified atom stereocenters. The highest BCUT2D eigenvalue weighted by molar-refractivity contribution is 5.80. The molecule has 1 aromatic heterocycles. The van der Waals surface area contributed by atoms with Crippen LogP contribution in [0.4, 0.5) is 0 Å². The second-order valence-electron chi connectivity index (χ2n) is 7.28. The minimum atomic E-state index is 0.140. The van der Waals surface area contributed by atoms with E-state index in [4.69, 9.17) is 14.5 Å². The standard InChI is InChI=1S/C20H35N5O2/c1-5-16-15(17(6-2)24(4)23-16)13-22-20(21-7-3)25-10-12-27-19(14-25)18-9-8-11-26-18/h18-19H,5-14H2,1-4H3,(H,21,22). The molecule has 0 saturated carbocycles. The van der Waals surface area contributed by atoms with Crippen LogP contribution >= 0.6 is 0 Å². The van der Waals surface area contributed by atoms with E-state index >= 15 is 0 Å². The molecular weight excluding hydrogens is 342 g/mol. The Balaban J connectivity index is 1.74. The summed E-state index contributed by atoms with van der Waals surface area (Å²) < 4.78 is 13.9. The SMILES string of the molecule is CCNC(=NCc1c(CC)nn(C)c1CC)N1CCOC(C2CCCO2)C1. The number of aromatic nitrogens is 2. The fourth-order valence-corrected chi connectivity index (χ4v) is 4.14. The molecule has 2 fully saturated rings. The molecule has 3 rings (SSSR count). The Hall–Kier alpha value is -1.60. The Labute approximate surface area is 163 Å². The highest BCUT2D eigenvalue weighted by atomic mass is 16.5. The van der Waals surface area contributed by atoms with Gasteiger partial charge < -0.3 is 19.7 Å². The number of nitrogens with zero attached hydrogens (tertiary/aromatic N) is 4. The summed E-state index contributed by atoms with van der Waals surface area (Å²) in [5, 5.41) is 8.15. The lowest BCUT2D eigenvalue weighted by atomic mass is 10.1. The predicted octanol–water partition coefficient (Wildman–Crippen LogP) is 1.89. The number of nitrogens with one attached hydrogen (secondary N) is 1. The van der Waals surface area contributed by atoms with Crippen LogP contribution in [0.15, 0.2) is 4.99 Å². The van der Waals surface area contributed by atoms with Gasteiger partial charge in [-0.1, -0.05) is 13.8 Å². The van der Waals surface area contributed by atoms with Crippen LogP contribution in [0.3, 0.4) is 0 Å². The van der Waals surface area contributed by atoms with Gasteiger partial charge in [-0.3, -0.25) is 4.68 Å². The lowest BCUT2D eigenvalue weighted by molar-refractivity contribution is -0.0817. The molecule has 2 atom stereocenters. The van der Waals surface area contributed by atoms with Crippen molar-refractivity contribution in [2.45, 2.75) is 65.2 Å². The van der Waals surface area contributed by atoms with Gasteiger partial charge in [0.2, 0.25) is 0 Å². The molecule has 0 spiro atoms. The van der Waals surface area contributed by atoms with Crippen LogP contribution in [0.1, 0.15) is 50.6 Å². The molecule has 3 heterocycles. The average molecular weight is 378 g/mol. The van der Waals surface area contributed by atoms with Crippen LogP contribution in [0.25, 0.3) is 0 Å². The van der Waals surface area contributed by atoms with Gasteiger partial charge in [0.05, 0.1) is 24.9 Å². The topological polar surface area (TPSA) is 63.9 Å².